The Kier molecular flexibility index (Phi) is 6.37. The smallest absolute Gasteiger partial charge is 0.260 e. The van der Waals surface area contributed by atoms with Crippen LogP contribution in [0, 0.1) is 5.92 Å². The molecule has 1 saturated carbocycles. The van der Waals surface area contributed by atoms with Crippen LogP contribution >= 0.6 is 0 Å². The summed E-state index contributed by atoms with van der Waals surface area (Å²) in [6, 6.07) is 14.5. The van der Waals surface area contributed by atoms with Crippen molar-refractivity contribution < 1.29 is 14.6 Å². The maximum Gasteiger partial charge on any atom is 0.260 e. The Morgan fingerprint density at radius 1 is 1.10 bits per heavy atom. The monoisotopic (exact) mass is 420 g/mol. The molecule has 4 rings (SSSR count). The van der Waals surface area contributed by atoms with Gasteiger partial charge in [-0.15, -0.1) is 0 Å². The maximum atomic E-state index is 13.1. The van der Waals surface area contributed by atoms with E-state index in [4.69, 9.17) is 4.74 Å². The SMILES string of the molecule is COc1ccccc1CC(=O)Nc1cccc2c(=O)n(C(O)C3CCCCC3)ccc12. The van der Waals surface area contributed by atoms with E-state index >= 15 is 0 Å². The molecule has 162 valence electrons. The van der Waals surface area contributed by atoms with Crippen molar-refractivity contribution in [3.63, 3.8) is 0 Å². The number of fused-ring (bicyclic) bond motifs is 1. The Balaban J connectivity index is 1.58. The van der Waals surface area contributed by atoms with Gasteiger partial charge in [-0.3, -0.25) is 14.2 Å². The van der Waals surface area contributed by atoms with E-state index in [1.165, 1.54) is 11.0 Å². The summed E-state index contributed by atoms with van der Waals surface area (Å²) in [5.41, 5.74) is 1.13. The van der Waals surface area contributed by atoms with E-state index in [9.17, 15) is 14.7 Å². The second-order valence-electron chi connectivity index (χ2n) is 8.14. The topological polar surface area (TPSA) is 80.6 Å². The molecule has 31 heavy (non-hydrogen) atoms. The average molecular weight is 421 g/mol. The number of anilines is 1. The highest BCUT2D eigenvalue weighted by Gasteiger charge is 2.24. The van der Waals surface area contributed by atoms with Crippen LogP contribution in [0.3, 0.4) is 0 Å². The second-order valence-corrected chi connectivity index (χ2v) is 8.14. The summed E-state index contributed by atoms with van der Waals surface area (Å²) in [5.74, 6) is 0.575. The normalized spacial score (nSPS) is 15.5. The Labute approximate surface area is 181 Å². The fourth-order valence-corrected chi connectivity index (χ4v) is 4.49. The number of aliphatic hydroxyl groups excluding tert-OH is 1. The number of rotatable bonds is 6. The van der Waals surface area contributed by atoms with Crippen molar-refractivity contribution in [3.8, 4) is 5.75 Å². The molecule has 1 amide bonds. The van der Waals surface area contributed by atoms with Crippen LogP contribution in [0.25, 0.3) is 10.8 Å². The molecule has 0 spiro atoms. The molecule has 6 nitrogen and oxygen atoms in total. The first-order chi connectivity index (χ1) is 15.1. The number of pyridine rings is 1. The maximum absolute atomic E-state index is 13.1. The average Bonchev–Trinajstić information content (AvgIpc) is 2.80. The third kappa shape index (κ3) is 4.49. The molecular formula is C25H28N2O4. The number of methoxy groups -OCH3 is 1. The first-order valence-electron chi connectivity index (χ1n) is 10.8. The zero-order valence-corrected chi connectivity index (χ0v) is 17.7. The number of hydrogen-bond donors (Lipinski definition) is 2. The van der Waals surface area contributed by atoms with Gasteiger partial charge < -0.3 is 15.2 Å². The molecule has 1 aliphatic rings. The first-order valence-corrected chi connectivity index (χ1v) is 10.8. The summed E-state index contributed by atoms with van der Waals surface area (Å²) in [5, 5.41) is 14.9. The molecule has 1 heterocycles. The molecule has 0 radical (unpaired) electrons. The third-order valence-electron chi connectivity index (χ3n) is 6.15. The van der Waals surface area contributed by atoms with Crippen molar-refractivity contribution in [2.75, 3.05) is 12.4 Å². The molecule has 1 atom stereocenters. The number of nitrogens with zero attached hydrogens (tertiary/aromatic N) is 1. The summed E-state index contributed by atoms with van der Waals surface area (Å²) >= 11 is 0. The zero-order chi connectivity index (χ0) is 21.8. The van der Waals surface area contributed by atoms with Crippen LogP contribution in [0.15, 0.2) is 59.5 Å². The Bertz CT molecular complexity index is 1130. The highest BCUT2D eigenvalue weighted by Crippen LogP contribution is 2.31. The van der Waals surface area contributed by atoms with E-state index in [2.05, 4.69) is 5.32 Å². The first kappa shape index (κ1) is 21.1. The standard InChI is InChI=1S/C25H28N2O4/c1-31-22-13-6-5-10-18(22)16-23(28)26-21-12-7-11-20-19(21)14-15-27(25(20)30)24(29)17-8-3-2-4-9-17/h5-7,10-15,17,24,29H,2-4,8-9,16H2,1H3,(H,26,28). The number of aliphatic hydroxyl groups is 1. The summed E-state index contributed by atoms with van der Waals surface area (Å²) in [4.78, 5) is 25.8. The quantitative estimate of drug-likeness (QED) is 0.624. The number of benzene rings is 2. The predicted molar refractivity (Wildman–Crippen MR) is 121 cm³/mol. The third-order valence-corrected chi connectivity index (χ3v) is 6.15. The van der Waals surface area contributed by atoms with Gasteiger partial charge >= 0.3 is 0 Å². The van der Waals surface area contributed by atoms with Gasteiger partial charge in [0.05, 0.1) is 13.5 Å². The van der Waals surface area contributed by atoms with Gasteiger partial charge in [0.15, 0.2) is 0 Å². The molecule has 3 aromatic rings. The molecule has 1 unspecified atom stereocenters. The van der Waals surface area contributed by atoms with Gasteiger partial charge in [-0.25, -0.2) is 0 Å². The van der Waals surface area contributed by atoms with Crippen molar-refractivity contribution in [2.24, 2.45) is 5.92 Å². The van der Waals surface area contributed by atoms with Crippen LogP contribution in [-0.2, 0) is 11.2 Å². The van der Waals surface area contributed by atoms with Crippen LogP contribution in [-0.4, -0.2) is 22.7 Å². The molecule has 1 fully saturated rings. The lowest BCUT2D eigenvalue weighted by Crippen LogP contribution is -2.30. The van der Waals surface area contributed by atoms with Crippen LogP contribution in [0.2, 0.25) is 0 Å². The number of aromatic nitrogens is 1. The fourth-order valence-electron chi connectivity index (χ4n) is 4.49. The number of carbonyl (C=O) groups is 1. The lowest BCUT2D eigenvalue weighted by atomic mass is 9.88. The number of hydrogen-bond acceptors (Lipinski definition) is 4. The summed E-state index contributed by atoms with van der Waals surface area (Å²) in [7, 11) is 1.58. The molecule has 1 aromatic heterocycles. The summed E-state index contributed by atoms with van der Waals surface area (Å²) in [6.45, 7) is 0. The van der Waals surface area contributed by atoms with Crippen LogP contribution in [0.1, 0.15) is 43.9 Å². The van der Waals surface area contributed by atoms with Gasteiger partial charge in [0.1, 0.15) is 12.0 Å². The van der Waals surface area contributed by atoms with Gasteiger partial charge in [0.2, 0.25) is 5.91 Å². The molecule has 2 aromatic carbocycles. The molecule has 0 aliphatic heterocycles. The molecular weight excluding hydrogens is 392 g/mol. The number of amides is 1. The number of ether oxygens (including phenoxy) is 1. The lowest BCUT2D eigenvalue weighted by Gasteiger charge is -2.28. The summed E-state index contributed by atoms with van der Waals surface area (Å²) < 4.78 is 6.75. The molecule has 1 aliphatic carbocycles. The van der Waals surface area contributed by atoms with Crippen molar-refractivity contribution in [2.45, 2.75) is 44.8 Å². The Morgan fingerprint density at radius 2 is 1.87 bits per heavy atom. The molecule has 0 saturated heterocycles. The van der Waals surface area contributed by atoms with Crippen LogP contribution in [0.4, 0.5) is 5.69 Å². The minimum atomic E-state index is -0.819. The minimum Gasteiger partial charge on any atom is -0.496 e. The van der Waals surface area contributed by atoms with Gasteiger partial charge in [-0.2, -0.15) is 0 Å². The highest BCUT2D eigenvalue weighted by molar-refractivity contribution is 6.02. The highest BCUT2D eigenvalue weighted by atomic mass is 16.5. The van der Waals surface area contributed by atoms with Crippen molar-refractivity contribution >= 4 is 22.4 Å². The predicted octanol–water partition coefficient (Wildman–Crippen LogP) is 4.26. The number of para-hydroxylation sites is 1. The van der Waals surface area contributed by atoms with Crippen LogP contribution in [0.5, 0.6) is 5.75 Å². The summed E-state index contributed by atoms with van der Waals surface area (Å²) in [6.07, 6.45) is 6.22. The van der Waals surface area contributed by atoms with Crippen molar-refractivity contribution in [1.29, 1.82) is 0 Å². The molecule has 6 heteroatoms. The molecule has 0 bridgehead atoms. The lowest BCUT2D eigenvalue weighted by molar-refractivity contribution is -0.115. The van der Waals surface area contributed by atoms with Crippen molar-refractivity contribution in [1.82, 2.24) is 4.57 Å². The number of carbonyl (C=O) groups excluding carboxylic acids is 1. The van der Waals surface area contributed by atoms with E-state index in [-0.39, 0.29) is 23.8 Å². The van der Waals surface area contributed by atoms with Gasteiger partial charge in [-0.05, 0) is 37.1 Å². The van der Waals surface area contributed by atoms with E-state index in [1.807, 2.05) is 24.3 Å². The van der Waals surface area contributed by atoms with Gasteiger partial charge in [-0.1, -0.05) is 43.5 Å². The van der Waals surface area contributed by atoms with E-state index in [1.54, 1.807) is 37.6 Å². The van der Waals surface area contributed by atoms with Crippen LogP contribution < -0.4 is 15.6 Å². The largest absolute Gasteiger partial charge is 0.496 e. The van der Waals surface area contributed by atoms with E-state index in [0.29, 0.717) is 22.2 Å². The van der Waals surface area contributed by atoms with Gasteiger partial charge in [0.25, 0.3) is 5.56 Å². The van der Waals surface area contributed by atoms with Crippen molar-refractivity contribution in [3.05, 3.63) is 70.6 Å². The fraction of sp³-hybridized carbons (Fsp3) is 0.360. The number of nitrogens with one attached hydrogen (secondary N) is 1. The minimum absolute atomic E-state index is 0.104. The molecule has 2 N–H and O–H groups in total. The van der Waals surface area contributed by atoms with E-state index in [0.717, 1.165) is 31.2 Å². The Morgan fingerprint density at radius 3 is 2.65 bits per heavy atom. The Hall–Kier alpha value is -3.12. The van der Waals surface area contributed by atoms with Gasteiger partial charge in [0, 0.05) is 34.1 Å². The zero-order valence-electron chi connectivity index (χ0n) is 17.7. The van der Waals surface area contributed by atoms with E-state index < -0.39 is 6.23 Å². The second kappa shape index (κ2) is 9.35.